The van der Waals surface area contributed by atoms with Gasteiger partial charge in [0.2, 0.25) is 0 Å². The first-order valence-electron chi connectivity index (χ1n) is 6.34. The van der Waals surface area contributed by atoms with Crippen molar-refractivity contribution in [1.29, 1.82) is 0 Å². The lowest BCUT2D eigenvalue weighted by Crippen LogP contribution is -2.18. The van der Waals surface area contributed by atoms with Gasteiger partial charge in [0.25, 0.3) is 0 Å². The molecule has 0 saturated carbocycles. The van der Waals surface area contributed by atoms with E-state index < -0.39 is 11.7 Å². The second-order valence-electron chi connectivity index (χ2n) is 4.52. The maximum atomic E-state index is 12.7. The van der Waals surface area contributed by atoms with Gasteiger partial charge in [-0.15, -0.1) is 0 Å². The molecule has 8 heteroatoms. The number of thiocarbonyl (C=S) groups is 1. The van der Waals surface area contributed by atoms with Crippen LogP contribution in [0.15, 0.2) is 53.5 Å². The second kappa shape index (κ2) is 6.97. The number of nitrogens with two attached hydrogens (primary N) is 1. The zero-order valence-electron chi connectivity index (χ0n) is 11.6. The summed E-state index contributed by atoms with van der Waals surface area (Å²) in [5.41, 5.74) is 5.76. The van der Waals surface area contributed by atoms with Gasteiger partial charge in [-0.05, 0) is 42.5 Å². The lowest BCUT2D eigenvalue weighted by molar-refractivity contribution is -0.137. The number of hydrogen-bond acceptors (Lipinski definition) is 1. The molecule has 0 aliphatic carbocycles. The van der Waals surface area contributed by atoms with E-state index in [1.165, 1.54) is 12.1 Å². The van der Waals surface area contributed by atoms with Gasteiger partial charge < -0.3 is 11.1 Å². The summed E-state index contributed by atoms with van der Waals surface area (Å²) in [4.78, 5) is 3.95. The van der Waals surface area contributed by atoms with Crippen LogP contribution in [-0.2, 0) is 6.18 Å². The Labute approximate surface area is 141 Å². The molecular formula is C15H11ClF3N3S. The molecule has 0 atom stereocenters. The molecule has 0 amide bonds. The summed E-state index contributed by atoms with van der Waals surface area (Å²) in [5, 5.41) is 3.03. The van der Waals surface area contributed by atoms with E-state index in [1.807, 2.05) is 0 Å². The van der Waals surface area contributed by atoms with E-state index in [2.05, 4.69) is 10.3 Å². The molecule has 23 heavy (non-hydrogen) atoms. The van der Waals surface area contributed by atoms with E-state index in [0.29, 0.717) is 10.6 Å². The average molecular weight is 358 g/mol. The molecule has 2 aromatic carbocycles. The van der Waals surface area contributed by atoms with Gasteiger partial charge in [-0.1, -0.05) is 29.8 Å². The molecular weight excluding hydrogens is 347 g/mol. The first-order chi connectivity index (χ1) is 10.8. The number of hydrogen-bond donors (Lipinski definition) is 2. The second-order valence-corrected chi connectivity index (χ2v) is 5.34. The van der Waals surface area contributed by atoms with E-state index >= 15 is 0 Å². The third kappa shape index (κ3) is 4.94. The Kier molecular flexibility index (Phi) is 5.23. The van der Waals surface area contributed by atoms with Crippen molar-refractivity contribution in [1.82, 2.24) is 0 Å². The van der Waals surface area contributed by atoms with Crippen molar-refractivity contribution in [2.75, 3.05) is 5.32 Å². The van der Waals surface area contributed by atoms with Gasteiger partial charge in [0.1, 0.15) is 5.84 Å². The van der Waals surface area contributed by atoms with Gasteiger partial charge in [0.15, 0.2) is 5.11 Å². The Morgan fingerprint density at radius 3 is 2.48 bits per heavy atom. The third-order valence-corrected chi connectivity index (χ3v) is 3.21. The number of alkyl halides is 3. The molecule has 0 fully saturated rings. The molecule has 0 bridgehead atoms. The van der Waals surface area contributed by atoms with Crippen molar-refractivity contribution in [2.24, 2.45) is 10.7 Å². The largest absolute Gasteiger partial charge is 0.416 e. The summed E-state index contributed by atoms with van der Waals surface area (Å²) >= 11 is 10.8. The topological polar surface area (TPSA) is 50.4 Å². The van der Waals surface area contributed by atoms with Crippen LogP contribution in [0.25, 0.3) is 0 Å². The number of amidine groups is 1. The molecule has 2 aromatic rings. The van der Waals surface area contributed by atoms with Gasteiger partial charge in [-0.2, -0.15) is 13.2 Å². The zero-order valence-corrected chi connectivity index (χ0v) is 13.1. The highest BCUT2D eigenvalue weighted by Crippen LogP contribution is 2.30. The van der Waals surface area contributed by atoms with E-state index in [9.17, 15) is 13.2 Å². The number of halogens is 4. The van der Waals surface area contributed by atoms with Crippen molar-refractivity contribution in [2.45, 2.75) is 6.18 Å². The maximum absolute atomic E-state index is 12.7. The predicted molar refractivity (Wildman–Crippen MR) is 89.8 cm³/mol. The Balaban J connectivity index is 2.15. The number of nitrogens with one attached hydrogen (secondary N) is 1. The maximum Gasteiger partial charge on any atom is 0.416 e. The molecule has 0 aliphatic heterocycles. The molecule has 0 aromatic heterocycles. The molecule has 3 nitrogen and oxygen atoms in total. The molecule has 0 spiro atoms. The third-order valence-electron chi connectivity index (χ3n) is 2.78. The van der Waals surface area contributed by atoms with Crippen molar-refractivity contribution >= 4 is 40.5 Å². The Bertz CT molecular complexity index is 760. The van der Waals surface area contributed by atoms with Gasteiger partial charge in [0, 0.05) is 16.3 Å². The van der Waals surface area contributed by atoms with Gasteiger partial charge in [0.05, 0.1) is 5.56 Å². The zero-order chi connectivity index (χ0) is 17.0. The van der Waals surface area contributed by atoms with Crippen LogP contribution in [0.2, 0.25) is 5.02 Å². The summed E-state index contributed by atoms with van der Waals surface area (Å²) in [6, 6.07) is 11.3. The summed E-state index contributed by atoms with van der Waals surface area (Å²) in [5.74, 6) is 0.108. The summed E-state index contributed by atoms with van der Waals surface area (Å²) in [6.45, 7) is 0. The molecule has 0 unspecified atom stereocenters. The van der Waals surface area contributed by atoms with Crippen molar-refractivity contribution in [3.05, 3.63) is 64.7 Å². The van der Waals surface area contributed by atoms with Gasteiger partial charge in [-0.25, -0.2) is 4.99 Å². The summed E-state index contributed by atoms with van der Waals surface area (Å²) in [6.07, 6.45) is -4.43. The normalized spacial score (nSPS) is 12.1. The van der Waals surface area contributed by atoms with Crippen LogP contribution in [0, 0.1) is 0 Å². The fourth-order valence-electron chi connectivity index (χ4n) is 1.75. The van der Waals surface area contributed by atoms with Crippen LogP contribution in [0.4, 0.5) is 18.9 Å². The van der Waals surface area contributed by atoms with Gasteiger partial charge >= 0.3 is 6.18 Å². The lowest BCUT2D eigenvalue weighted by atomic mass is 10.2. The monoisotopic (exact) mass is 357 g/mol. The lowest BCUT2D eigenvalue weighted by Gasteiger charge is -2.10. The molecule has 0 saturated heterocycles. The first-order valence-corrected chi connectivity index (χ1v) is 7.12. The standard InChI is InChI=1S/C15H11ClF3N3S/c16-11-5-1-3-9(7-11)13(20)22-14(23)21-12-6-2-4-10(8-12)15(17,18)19/h1-8H,(H3,20,21,22,23). The summed E-state index contributed by atoms with van der Waals surface area (Å²) < 4.78 is 38.0. The minimum absolute atomic E-state index is 0.0539. The van der Waals surface area contributed by atoms with E-state index in [0.717, 1.165) is 12.1 Å². The van der Waals surface area contributed by atoms with Crippen LogP contribution in [0.3, 0.4) is 0 Å². The summed E-state index contributed by atoms with van der Waals surface area (Å²) in [7, 11) is 0. The smallest absolute Gasteiger partial charge is 0.383 e. The number of rotatable bonds is 2. The highest BCUT2D eigenvalue weighted by molar-refractivity contribution is 7.80. The molecule has 0 radical (unpaired) electrons. The number of nitrogens with zero attached hydrogens (tertiary/aromatic N) is 1. The molecule has 0 heterocycles. The van der Waals surface area contributed by atoms with Crippen LogP contribution in [-0.4, -0.2) is 10.9 Å². The van der Waals surface area contributed by atoms with Crippen molar-refractivity contribution in [3.63, 3.8) is 0 Å². The number of anilines is 1. The number of aliphatic imine (C=N–C) groups is 1. The van der Waals surface area contributed by atoms with Gasteiger partial charge in [-0.3, -0.25) is 0 Å². The predicted octanol–water partition coefficient (Wildman–Crippen LogP) is 4.46. The first kappa shape index (κ1) is 17.2. The molecule has 2 rings (SSSR count). The fraction of sp³-hybridized carbons (Fsp3) is 0.0667. The van der Waals surface area contributed by atoms with Crippen molar-refractivity contribution in [3.8, 4) is 0 Å². The molecule has 3 N–H and O–H groups in total. The molecule has 120 valence electrons. The minimum Gasteiger partial charge on any atom is -0.383 e. The average Bonchev–Trinajstić information content (AvgIpc) is 2.46. The molecule has 0 aliphatic rings. The fourth-order valence-corrected chi connectivity index (χ4v) is 2.15. The van der Waals surface area contributed by atoms with E-state index in [4.69, 9.17) is 29.6 Å². The van der Waals surface area contributed by atoms with Crippen LogP contribution < -0.4 is 11.1 Å². The van der Waals surface area contributed by atoms with E-state index in [-0.39, 0.29) is 16.6 Å². The Morgan fingerprint density at radius 2 is 1.83 bits per heavy atom. The quantitative estimate of drug-likeness (QED) is 0.474. The Hall–Kier alpha value is -2.12. The van der Waals surface area contributed by atoms with E-state index in [1.54, 1.807) is 24.3 Å². The SMILES string of the molecule is NC(=NC(=S)Nc1cccc(C(F)(F)F)c1)c1cccc(Cl)c1. The highest BCUT2D eigenvalue weighted by atomic mass is 35.5. The van der Waals surface area contributed by atoms with Crippen molar-refractivity contribution < 1.29 is 13.2 Å². The van der Waals surface area contributed by atoms with Crippen LogP contribution in [0.5, 0.6) is 0 Å². The minimum atomic E-state index is -4.43. The van der Waals surface area contributed by atoms with Crippen LogP contribution in [0.1, 0.15) is 11.1 Å². The Morgan fingerprint density at radius 1 is 1.13 bits per heavy atom. The number of benzene rings is 2. The van der Waals surface area contributed by atoms with Crippen LogP contribution >= 0.6 is 23.8 Å². The highest BCUT2D eigenvalue weighted by Gasteiger charge is 2.30.